The fraction of sp³-hybridized carbons (Fsp3) is 0.600. The molecule has 3 rings (SSSR count). The van der Waals surface area contributed by atoms with E-state index < -0.39 is 0 Å². The molecule has 0 radical (unpaired) electrons. The van der Waals surface area contributed by atoms with E-state index in [1.165, 1.54) is 5.56 Å². The molecule has 0 bridgehead atoms. The summed E-state index contributed by atoms with van der Waals surface area (Å²) >= 11 is 0. The molecule has 0 aromatic heterocycles. The van der Waals surface area contributed by atoms with Crippen molar-refractivity contribution in [2.24, 2.45) is 5.73 Å². The number of rotatable bonds is 2. The van der Waals surface area contributed by atoms with Crippen molar-refractivity contribution in [1.82, 2.24) is 4.90 Å². The largest absolute Gasteiger partial charge is 0.490 e. The van der Waals surface area contributed by atoms with Gasteiger partial charge in [0.1, 0.15) is 0 Å². The van der Waals surface area contributed by atoms with E-state index in [0.29, 0.717) is 19.8 Å². The van der Waals surface area contributed by atoms with E-state index in [-0.39, 0.29) is 12.1 Å². The normalized spacial score (nSPS) is 27.1. The molecule has 5 heteroatoms. The van der Waals surface area contributed by atoms with Gasteiger partial charge in [-0.3, -0.25) is 4.90 Å². The Morgan fingerprint density at radius 2 is 2.00 bits per heavy atom. The Kier molecular flexibility index (Phi) is 4.10. The van der Waals surface area contributed by atoms with E-state index in [1.807, 2.05) is 6.07 Å². The standard InChI is InChI=1S/C15H22N2O3/c1-17-5-8-20-14(10-16)15(17)11-3-4-12-13(9-11)19-7-2-6-18-12/h3-4,9,14-15H,2,5-8,10,16H2,1H3. The SMILES string of the molecule is CN1CCOC(CN)C1c1ccc2c(c1)OCCCO2. The van der Waals surface area contributed by atoms with Crippen molar-refractivity contribution >= 4 is 0 Å². The van der Waals surface area contributed by atoms with Crippen LogP contribution in [0.15, 0.2) is 18.2 Å². The highest BCUT2D eigenvalue weighted by Gasteiger charge is 2.31. The topological polar surface area (TPSA) is 57.0 Å². The van der Waals surface area contributed by atoms with Crippen molar-refractivity contribution in [3.63, 3.8) is 0 Å². The van der Waals surface area contributed by atoms with Gasteiger partial charge in [0, 0.05) is 19.5 Å². The van der Waals surface area contributed by atoms with Crippen molar-refractivity contribution < 1.29 is 14.2 Å². The lowest BCUT2D eigenvalue weighted by molar-refractivity contribution is -0.0577. The van der Waals surface area contributed by atoms with Gasteiger partial charge in [-0.25, -0.2) is 0 Å². The first-order valence-corrected chi connectivity index (χ1v) is 7.21. The smallest absolute Gasteiger partial charge is 0.161 e. The number of nitrogens with zero attached hydrogens (tertiary/aromatic N) is 1. The number of morpholine rings is 1. The number of likely N-dealkylation sites (N-methyl/N-ethyl adjacent to an activating group) is 1. The predicted octanol–water partition coefficient (Wildman–Crippen LogP) is 1.18. The second-order valence-corrected chi connectivity index (χ2v) is 5.33. The first-order chi connectivity index (χ1) is 9.79. The van der Waals surface area contributed by atoms with Gasteiger partial charge in [-0.15, -0.1) is 0 Å². The number of nitrogens with two attached hydrogens (primary N) is 1. The van der Waals surface area contributed by atoms with Crippen LogP contribution in [-0.2, 0) is 4.74 Å². The summed E-state index contributed by atoms with van der Waals surface area (Å²) in [6, 6.07) is 6.32. The molecule has 1 aromatic rings. The van der Waals surface area contributed by atoms with Crippen LogP contribution in [0.25, 0.3) is 0 Å². The molecule has 2 aliphatic rings. The lowest BCUT2D eigenvalue weighted by atomic mass is 9.98. The number of benzene rings is 1. The van der Waals surface area contributed by atoms with E-state index in [4.69, 9.17) is 19.9 Å². The fourth-order valence-electron chi connectivity index (χ4n) is 2.89. The molecule has 2 aliphatic heterocycles. The Morgan fingerprint density at radius 3 is 2.80 bits per heavy atom. The molecule has 0 spiro atoms. The van der Waals surface area contributed by atoms with Crippen LogP contribution in [0.1, 0.15) is 18.0 Å². The third-order valence-corrected chi connectivity index (χ3v) is 3.95. The molecule has 20 heavy (non-hydrogen) atoms. The van der Waals surface area contributed by atoms with Gasteiger partial charge in [0.25, 0.3) is 0 Å². The molecule has 1 aromatic carbocycles. The molecule has 2 unspecified atom stereocenters. The van der Waals surface area contributed by atoms with Gasteiger partial charge in [-0.1, -0.05) is 6.07 Å². The van der Waals surface area contributed by atoms with Crippen molar-refractivity contribution in [3.05, 3.63) is 23.8 Å². The van der Waals surface area contributed by atoms with E-state index in [0.717, 1.165) is 31.1 Å². The van der Waals surface area contributed by atoms with E-state index >= 15 is 0 Å². The molecular formula is C15H22N2O3. The average molecular weight is 278 g/mol. The maximum absolute atomic E-state index is 5.85. The molecule has 2 heterocycles. The molecular weight excluding hydrogens is 256 g/mol. The zero-order chi connectivity index (χ0) is 13.9. The molecule has 2 atom stereocenters. The van der Waals surface area contributed by atoms with Gasteiger partial charge in [-0.2, -0.15) is 0 Å². The minimum atomic E-state index is 0.0264. The van der Waals surface area contributed by atoms with E-state index in [2.05, 4.69) is 24.1 Å². The van der Waals surface area contributed by atoms with Crippen LogP contribution in [-0.4, -0.2) is 51.0 Å². The lowest BCUT2D eigenvalue weighted by Crippen LogP contribution is -2.46. The number of hydrogen-bond donors (Lipinski definition) is 1. The lowest BCUT2D eigenvalue weighted by Gasteiger charge is -2.39. The fourth-order valence-corrected chi connectivity index (χ4v) is 2.89. The first kappa shape index (κ1) is 13.7. The van der Waals surface area contributed by atoms with Crippen molar-refractivity contribution in [3.8, 4) is 11.5 Å². The van der Waals surface area contributed by atoms with Gasteiger partial charge < -0.3 is 19.9 Å². The minimum absolute atomic E-state index is 0.0264. The summed E-state index contributed by atoms with van der Waals surface area (Å²) in [7, 11) is 2.11. The summed E-state index contributed by atoms with van der Waals surface area (Å²) in [5.74, 6) is 1.66. The van der Waals surface area contributed by atoms with E-state index in [1.54, 1.807) is 0 Å². The Hall–Kier alpha value is -1.30. The number of ether oxygens (including phenoxy) is 3. The number of hydrogen-bond acceptors (Lipinski definition) is 5. The highest BCUT2D eigenvalue weighted by atomic mass is 16.5. The maximum Gasteiger partial charge on any atom is 0.161 e. The Bertz CT molecular complexity index is 466. The van der Waals surface area contributed by atoms with Gasteiger partial charge in [0.2, 0.25) is 0 Å². The van der Waals surface area contributed by atoms with Crippen LogP contribution in [0.2, 0.25) is 0 Å². The molecule has 2 N–H and O–H groups in total. The molecule has 1 fully saturated rings. The predicted molar refractivity (Wildman–Crippen MR) is 76.2 cm³/mol. The second-order valence-electron chi connectivity index (χ2n) is 5.33. The van der Waals surface area contributed by atoms with Gasteiger partial charge in [0.05, 0.1) is 32.0 Å². The Labute approximate surface area is 119 Å². The van der Waals surface area contributed by atoms with Crippen LogP contribution in [0.5, 0.6) is 11.5 Å². The average Bonchev–Trinajstić information content (AvgIpc) is 2.71. The summed E-state index contributed by atoms with van der Waals surface area (Å²) in [5.41, 5.74) is 7.02. The second kappa shape index (κ2) is 5.99. The first-order valence-electron chi connectivity index (χ1n) is 7.21. The summed E-state index contributed by atoms with van der Waals surface area (Å²) in [5, 5.41) is 0. The Morgan fingerprint density at radius 1 is 1.20 bits per heavy atom. The van der Waals surface area contributed by atoms with Crippen LogP contribution in [0.4, 0.5) is 0 Å². The van der Waals surface area contributed by atoms with Crippen LogP contribution in [0.3, 0.4) is 0 Å². The van der Waals surface area contributed by atoms with Gasteiger partial charge in [-0.05, 0) is 24.7 Å². The monoisotopic (exact) mass is 278 g/mol. The molecule has 1 saturated heterocycles. The Balaban J connectivity index is 1.90. The number of fused-ring (bicyclic) bond motifs is 1. The quantitative estimate of drug-likeness (QED) is 0.880. The highest BCUT2D eigenvalue weighted by Crippen LogP contribution is 2.36. The zero-order valence-electron chi connectivity index (χ0n) is 11.9. The van der Waals surface area contributed by atoms with Gasteiger partial charge >= 0.3 is 0 Å². The van der Waals surface area contributed by atoms with Crippen LogP contribution in [0, 0.1) is 0 Å². The minimum Gasteiger partial charge on any atom is -0.490 e. The summed E-state index contributed by atoms with van der Waals surface area (Å²) in [4.78, 5) is 2.29. The molecule has 0 saturated carbocycles. The molecule has 110 valence electrons. The molecule has 0 aliphatic carbocycles. The van der Waals surface area contributed by atoms with Crippen molar-refractivity contribution in [1.29, 1.82) is 0 Å². The third kappa shape index (κ3) is 2.61. The maximum atomic E-state index is 5.85. The van der Waals surface area contributed by atoms with E-state index in [9.17, 15) is 0 Å². The van der Waals surface area contributed by atoms with Crippen LogP contribution < -0.4 is 15.2 Å². The summed E-state index contributed by atoms with van der Waals surface area (Å²) < 4.78 is 17.2. The zero-order valence-corrected chi connectivity index (χ0v) is 11.9. The molecule has 0 amide bonds. The summed E-state index contributed by atoms with van der Waals surface area (Å²) in [6.45, 7) is 3.58. The molecule has 5 nitrogen and oxygen atoms in total. The van der Waals surface area contributed by atoms with Crippen molar-refractivity contribution in [2.75, 3.05) is 40.0 Å². The third-order valence-electron chi connectivity index (χ3n) is 3.95. The van der Waals surface area contributed by atoms with Crippen LogP contribution >= 0.6 is 0 Å². The highest BCUT2D eigenvalue weighted by molar-refractivity contribution is 5.44. The summed E-state index contributed by atoms with van der Waals surface area (Å²) in [6.07, 6.45) is 0.945. The van der Waals surface area contributed by atoms with Gasteiger partial charge in [0.15, 0.2) is 11.5 Å². The van der Waals surface area contributed by atoms with Crippen molar-refractivity contribution in [2.45, 2.75) is 18.6 Å².